The molecule has 2 rings (SSSR count). The molecule has 1 N–H and O–H groups in total. The molecule has 0 heterocycles. The molecule has 3 nitrogen and oxygen atoms in total. The molecule has 104 valence electrons. The smallest absolute Gasteiger partial charge is 0.337 e. The topological polar surface area (TPSA) is 40.5 Å². The van der Waals surface area contributed by atoms with Crippen molar-refractivity contribution in [3.63, 3.8) is 0 Å². The Balaban J connectivity index is 2.44. The Hall–Kier alpha value is -2.29. The highest BCUT2D eigenvalue weighted by molar-refractivity contribution is 5.95. The minimum Gasteiger partial charge on any atom is -0.478 e. The first-order valence-electron chi connectivity index (χ1n) is 6.89. The highest BCUT2D eigenvalue weighted by Gasteiger charge is 2.16. The second-order valence-corrected chi connectivity index (χ2v) is 4.66. The summed E-state index contributed by atoms with van der Waals surface area (Å²) in [4.78, 5) is 13.5. The normalized spacial score (nSPS) is 10.2. The standard InChI is InChI=1S/C17H19NO2/c1-2-3-13-18(14-9-5-4-6-10-14)16-12-8-7-11-15(16)17(19)20/h4-12H,2-3,13H2,1H3,(H,19,20). The first kappa shape index (κ1) is 14.1. The van der Waals surface area contributed by atoms with Crippen LogP contribution in [0.3, 0.4) is 0 Å². The lowest BCUT2D eigenvalue weighted by Crippen LogP contribution is -2.20. The van der Waals surface area contributed by atoms with Crippen molar-refractivity contribution in [2.45, 2.75) is 19.8 Å². The van der Waals surface area contributed by atoms with E-state index in [0.29, 0.717) is 5.56 Å². The monoisotopic (exact) mass is 269 g/mol. The molecule has 0 saturated heterocycles. The first-order valence-corrected chi connectivity index (χ1v) is 6.89. The average molecular weight is 269 g/mol. The van der Waals surface area contributed by atoms with Gasteiger partial charge in [-0.05, 0) is 30.7 Å². The summed E-state index contributed by atoms with van der Waals surface area (Å²) in [5, 5.41) is 9.36. The van der Waals surface area contributed by atoms with Crippen molar-refractivity contribution in [1.29, 1.82) is 0 Å². The summed E-state index contributed by atoms with van der Waals surface area (Å²) in [6.07, 6.45) is 2.08. The first-order chi connectivity index (χ1) is 9.74. The number of carbonyl (C=O) groups is 1. The Bertz CT molecular complexity index is 566. The van der Waals surface area contributed by atoms with Gasteiger partial charge in [0, 0.05) is 12.2 Å². The van der Waals surface area contributed by atoms with E-state index in [1.54, 1.807) is 12.1 Å². The number of carboxylic acid groups (broad SMARTS) is 1. The van der Waals surface area contributed by atoms with Crippen molar-refractivity contribution in [3.8, 4) is 0 Å². The Morgan fingerprint density at radius 2 is 1.70 bits per heavy atom. The molecule has 2 aromatic carbocycles. The number of unbranched alkanes of at least 4 members (excludes halogenated alkanes) is 1. The van der Waals surface area contributed by atoms with E-state index in [1.165, 1.54) is 0 Å². The third-order valence-electron chi connectivity index (χ3n) is 3.23. The molecule has 0 amide bonds. The highest BCUT2D eigenvalue weighted by Crippen LogP contribution is 2.28. The van der Waals surface area contributed by atoms with Gasteiger partial charge in [0.15, 0.2) is 0 Å². The van der Waals surface area contributed by atoms with Crippen LogP contribution >= 0.6 is 0 Å². The molecule has 2 aromatic rings. The van der Waals surface area contributed by atoms with Crippen LogP contribution in [-0.4, -0.2) is 17.6 Å². The van der Waals surface area contributed by atoms with E-state index >= 15 is 0 Å². The van der Waals surface area contributed by atoms with Gasteiger partial charge in [-0.25, -0.2) is 4.79 Å². The minimum absolute atomic E-state index is 0.340. The number of aromatic carboxylic acids is 1. The van der Waals surface area contributed by atoms with Crippen molar-refractivity contribution in [3.05, 3.63) is 60.2 Å². The molecule has 0 saturated carbocycles. The van der Waals surface area contributed by atoms with E-state index in [-0.39, 0.29) is 0 Å². The van der Waals surface area contributed by atoms with Crippen molar-refractivity contribution in [2.75, 3.05) is 11.4 Å². The van der Waals surface area contributed by atoms with Gasteiger partial charge in [-0.2, -0.15) is 0 Å². The van der Waals surface area contributed by atoms with Gasteiger partial charge in [-0.15, -0.1) is 0 Å². The zero-order valence-electron chi connectivity index (χ0n) is 11.6. The molecule has 0 radical (unpaired) electrons. The quantitative estimate of drug-likeness (QED) is 0.848. The molecule has 20 heavy (non-hydrogen) atoms. The van der Waals surface area contributed by atoms with Crippen LogP contribution in [0.2, 0.25) is 0 Å². The van der Waals surface area contributed by atoms with Gasteiger partial charge in [0.1, 0.15) is 0 Å². The van der Waals surface area contributed by atoms with Crippen LogP contribution in [0.15, 0.2) is 54.6 Å². The number of nitrogens with zero attached hydrogens (tertiary/aromatic N) is 1. The lowest BCUT2D eigenvalue weighted by molar-refractivity contribution is 0.0697. The lowest BCUT2D eigenvalue weighted by Gasteiger charge is -2.26. The van der Waals surface area contributed by atoms with Crippen LogP contribution in [0, 0.1) is 0 Å². The molecule has 0 aliphatic rings. The molecule has 3 heteroatoms. The fourth-order valence-electron chi connectivity index (χ4n) is 2.20. The maximum atomic E-state index is 11.4. The number of benzene rings is 2. The summed E-state index contributed by atoms with van der Waals surface area (Å²) < 4.78 is 0. The Kier molecular flexibility index (Phi) is 4.77. The average Bonchev–Trinajstić information content (AvgIpc) is 2.49. The van der Waals surface area contributed by atoms with E-state index < -0.39 is 5.97 Å². The second kappa shape index (κ2) is 6.75. The minimum atomic E-state index is -0.891. The number of hydrogen-bond donors (Lipinski definition) is 1. The largest absolute Gasteiger partial charge is 0.478 e. The van der Waals surface area contributed by atoms with E-state index in [2.05, 4.69) is 11.8 Å². The van der Waals surface area contributed by atoms with E-state index in [1.807, 2.05) is 42.5 Å². The fourth-order valence-corrected chi connectivity index (χ4v) is 2.20. The van der Waals surface area contributed by atoms with Crippen molar-refractivity contribution in [2.24, 2.45) is 0 Å². The summed E-state index contributed by atoms with van der Waals surface area (Å²) in [6, 6.07) is 17.1. The maximum absolute atomic E-state index is 11.4. The van der Waals surface area contributed by atoms with E-state index in [0.717, 1.165) is 30.8 Å². The summed E-state index contributed by atoms with van der Waals surface area (Å²) in [6.45, 7) is 2.94. The molecule has 0 aliphatic carbocycles. The summed E-state index contributed by atoms with van der Waals surface area (Å²) in [5.74, 6) is -0.891. The maximum Gasteiger partial charge on any atom is 0.337 e. The summed E-state index contributed by atoms with van der Waals surface area (Å²) in [5.41, 5.74) is 2.11. The van der Waals surface area contributed by atoms with Crippen LogP contribution in [0.25, 0.3) is 0 Å². The Morgan fingerprint density at radius 3 is 2.35 bits per heavy atom. The Morgan fingerprint density at radius 1 is 1.05 bits per heavy atom. The van der Waals surface area contributed by atoms with Crippen molar-refractivity contribution >= 4 is 17.3 Å². The third-order valence-corrected chi connectivity index (χ3v) is 3.23. The lowest BCUT2D eigenvalue weighted by atomic mass is 10.1. The number of rotatable bonds is 6. The molecule has 0 aliphatic heterocycles. The van der Waals surface area contributed by atoms with Gasteiger partial charge >= 0.3 is 5.97 Å². The molecule has 0 aromatic heterocycles. The zero-order valence-corrected chi connectivity index (χ0v) is 11.6. The number of hydrogen-bond acceptors (Lipinski definition) is 2. The van der Waals surface area contributed by atoms with Crippen LogP contribution in [0.1, 0.15) is 30.1 Å². The SMILES string of the molecule is CCCCN(c1ccccc1)c1ccccc1C(=O)O. The highest BCUT2D eigenvalue weighted by atomic mass is 16.4. The molecule has 0 spiro atoms. The molecule has 0 bridgehead atoms. The van der Waals surface area contributed by atoms with Gasteiger partial charge in [-0.1, -0.05) is 43.7 Å². The van der Waals surface area contributed by atoms with Gasteiger partial charge in [0.05, 0.1) is 11.3 Å². The number of carboxylic acids is 1. The molecule has 0 atom stereocenters. The van der Waals surface area contributed by atoms with Crippen molar-refractivity contribution < 1.29 is 9.90 Å². The van der Waals surface area contributed by atoms with Crippen LogP contribution in [0.4, 0.5) is 11.4 Å². The molecular weight excluding hydrogens is 250 g/mol. The molecule has 0 unspecified atom stereocenters. The van der Waals surface area contributed by atoms with Crippen LogP contribution in [-0.2, 0) is 0 Å². The van der Waals surface area contributed by atoms with Gasteiger partial charge < -0.3 is 10.0 Å². The summed E-state index contributed by atoms with van der Waals surface area (Å²) in [7, 11) is 0. The van der Waals surface area contributed by atoms with Crippen molar-refractivity contribution in [1.82, 2.24) is 0 Å². The van der Waals surface area contributed by atoms with E-state index in [4.69, 9.17) is 0 Å². The predicted molar refractivity (Wildman–Crippen MR) is 81.8 cm³/mol. The second-order valence-electron chi connectivity index (χ2n) is 4.66. The van der Waals surface area contributed by atoms with Crippen LogP contribution in [0.5, 0.6) is 0 Å². The van der Waals surface area contributed by atoms with Gasteiger partial charge in [0.2, 0.25) is 0 Å². The molecular formula is C17H19NO2. The number of para-hydroxylation sites is 2. The zero-order chi connectivity index (χ0) is 14.4. The number of anilines is 2. The third kappa shape index (κ3) is 3.18. The Labute approximate surface area is 119 Å². The molecule has 0 fully saturated rings. The van der Waals surface area contributed by atoms with E-state index in [9.17, 15) is 9.90 Å². The fraction of sp³-hybridized carbons (Fsp3) is 0.235. The summed E-state index contributed by atoms with van der Waals surface area (Å²) >= 11 is 0. The van der Waals surface area contributed by atoms with Crippen LogP contribution < -0.4 is 4.90 Å². The van der Waals surface area contributed by atoms with Gasteiger partial charge in [-0.3, -0.25) is 0 Å². The predicted octanol–water partition coefficient (Wildman–Crippen LogP) is 4.32. The van der Waals surface area contributed by atoms with Gasteiger partial charge in [0.25, 0.3) is 0 Å².